The van der Waals surface area contributed by atoms with Gasteiger partial charge in [0, 0.05) is 26.7 Å². The average Bonchev–Trinajstić information content (AvgIpc) is 2.31. The summed E-state index contributed by atoms with van der Waals surface area (Å²) in [4.78, 5) is 13.2. The first-order chi connectivity index (χ1) is 8.35. The number of methoxy groups -OCH3 is 1. The Morgan fingerprint density at radius 1 is 1.50 bits per heavy atom. The third kappa shape index (κ3) is 4.40. The lowest BCUT2D eigenvalue weighted by Gasteiger charge is -2.33. The lowest BCUT2D eigenvalue weighted by atomic mass is 9.91. The van der Waals surface area contributed by atoms with Gasteiger partial charge in [0.15, 0.2) is 6.29 Å². The minimum absolute atomic E-state index is 0.558. The van der Waals surface area contributed by atoms with Gasteiger partial charge in [0.05, 0.1) is 5.41 Å². The standard InChI is InChI=1S/C13H23NO4/c1-13(2,12(16)17)9-14-6-4-10(5-7-14)8-11(15)18-3/h8,11,15H,4-7,9H2,1-3H3,(H,16,17). The predicted molar refractivity (Wildman–Crippen MR) is 68.2 cm³/mol. The van der Waals surface area contributed by atoms with Crippen LogP contribution in [0.3, 0.4) is 0 Å². The number of carboxylic acid groups (broad SMARTS) is 1. The van der Waals surface area contributed by atoms with Crippen molar-refractivity contribution in [3.05, 3.63) is 11.6 Å². The average molecular weight is 257 g/mol. The second-order valence-corrected chi connectivity index (χ2v) is 5.42. The van der Waals surface area contributed by atoms with E-state index in [1.54, 1.807) is 19.9 Å². The molecule has 0 radical (unpaired) electrons. The Morgan fingerprint density at radius 3 is 2.50 bits per heavy atom. The number of hydrogen-bond donors (Lipinski definition) is 2. The van der Waals surface area contributed by atoms with Gasteiger partial charge in [-0.15, -0.1) is 0 Å². The first-order valence-electron chi connectivity index (χ1n) is 6.21. The lowest BCUT2D eigenvalue weighted by molar-refractivity contribution is -0.148. The molecule has 0 amide bonds. The molecule has 1 fully saturated rings. The van der Waals surface area contributed by atoms with Crippen LogP contribution in [0.5, 0.6) is 0 Å². The van der Waals surface area contributed by atoms with Crippen molar-refractivity contribution in [2.45, 2.75) is 33.0 Å². The number of aliphatic carboxylic acids is 1. The molecule has 1 rings (SSSR count). The molecule has 2 N–H and O–H groups in total. The Bertz CT molecular complexity index is 315. The van der Waals surface area contributed by atoms with Gasteiger partial charge >= 0.3 is 5.97 Å². The SMILES string of the molecule is COC(O)C=C1CCN(CC(C)(C)C(=O)O)CC1. The van der Waals surface area contributed by atoms with Crippen molar-refractivity contribution < 1.29 is 19.7 Å². The van der Waals surface area contributed by atoms with Gasteiger partial charge in [0.2, 0.25) is 0 Å². The highest BCUT2D eigenvalue weighted by Crippen LogP contribution is 2.22. The summed E-state index contributed by atoms with van der Waals surface area (Å²) in [5.41, 5.74) is 0.460. The van der Waals surface area contributed by atoms with E-state index < -0.39 is 17.7 Å². The maximum Gasteiger partial charge on any atom is 0.310 e. The minimum Gasteiger partial charge on any atom is -0.481 e. The van der Waals surface area contributed by atoms with E-state index in [0.717, 1.165) is 25.9 Å². The number of rotatable bonds is 5. The van der Waals surface area contributed by atoms with Crippen molar-refractivity contribution in [3.63, 3.8) is 0 Å². The Labute approximate surface area is 108 Å². The molecule has 1 heterocycles. The van der Waals surface area contributed by atoms with E-state index in [9.17, 15) is 9.90 Å². The van der Waals surface area contributed by atoms with Crippen LogP contribution in [0.15, 0.2) is 11.6 Å². The number of carbonyl (C=O) groups is 1. The van der Waals surface area contributed by atoms with E-state index >= 15 is 0 Å². The molecule has 0 aromatic carbocycles. The molecule has 1 unspecified atom stereocenters. The normalized spacial score (nSPS) is 19.7. The predicted octanol–water partition coefficient (Wildman–Crippen LogP) is 1.08. The van der Waals surface area contributed by atoms with E-state index in [4.69, 9.17) is 9.84 Å². The molecule has 1 aliphatic rings. The summed E-state index contributed by atoms with van der Waals surface area (Å²) < 4.78 is 4.78. The van der Waals surface area contributed by atoms with Crippen LogP contribution < -0.4 is 0 Å². The highest BCUT2D eigenvalue weighted by molar-refractivity contribution is 5.73. The second kappa shape index (κ2) is 6.31. The number of hydrogen-bond acceptors (Lipinski definition) is 4. The van der Waals surface area contributed by atoms with Crippen molar-refractivity contribution in [3.8, 4) is 0 Å². The van der Waals surface area contributed by atoms with Crippen LogP contribution in [-0.2, 0) is 9.53 Å². The van der Waals surface area contributed by atoms with Crippen molar-refractivity contribution in [1.29, 1.82) is 0 Å². The van der Waals surface area contributed by atoms with E-state index in [2.05, 4.69) is 4.90 Å². The maximum absolute atomic E-state index is 11.1. The summed E-state index contributed by atoms with van der Waals surface area (Å²) in [7, 11) is 1.46. The number of piperidine rings is 1. The number of aliphatic hydroxyl groups excluding tert-OH is 1. The van der Waals surface area contributed by atoms with Crippen molar-refractivity contribution in [2.75, 3.05) is 26.7 Å². The van der Waals surface area contributed by atoms with Gasteiger partial charge in [-0.05, 0) is 32.8 Å². The molecule has 0 aromatic heterocycles. The van der Waals surface area contributed by atoms with Crippen LogP contribution in [0.1, 0.15) is 26.7 Å². The molecule has 1 atom stereocenters. The molecular formula is C13H23NO4. The van der Waals surface area contributed by atoms with Crippen LogP contribution >= 0.6 is 0 Å². The van der Waals surface area contributed by atoms with Gasteiger partial charge in [-0.3, -0.25) is 4.79 Å². The molecule has 18 heavy (non-hydrogen) atoms. The van der Waals surface area contributed by atoms with Gasteiger partial charge < -0.3 is 19.8 Å². The van der Waals surface area contributed by atoms with Crippen LogP contribution in [0.2, 0.25) is 0 Å². The topological polar surface area (TPSA) is 70.0 Å². The lowest BCUT2D eigenvalue weighted by Crippen LogP contribution is -2.42. The quantitative estimate of drug-likeness (QED) is 0.570. The molecule has 5 heteroatoms. The summed E-state index contributed by atoms with van der Waals surface area (Å²) in [5, 5.41) is 18.4. The van der Waals surface area contributed by atoms with Gasteiger partial charge in [-0.25, -0.2) is 0 Å². The monoisotopic (exact) mass is 257 g/mol. The fraction of sp³-hybridized carbons (Fsp3) is 0.769. The highest BCUT2D eigenvalue weighted by Gasteiger charge is 2.30. The summed E-state index contributed by atoms with van der Waals surface area (Å²) in [6, 6.07) is 0. The molecule has 0 aliphatic carbocycles. The fourth-order valence-electron chi connectivity index (χ4n) is 2.06. The zero-order chi connectivity index (χ0) is 13.8. The van der Waals surface area contributed by atoms with E-state index in [0.29, 0.717) is 6.54 Å². The molecule has 0 aromatic rings. The number of likely N-dealkylation sites (tertiary alicyclic amines) is 1. The highest BCUT2D eigenvalue weighted by atomic mass is 16.6. The van der Waals surface area contributed by atoms with Crippen molar-refractivity contribution in [2.24, 2.45) is 5.41 Å². The zero-order valence-electron chi connectivity index (χ0n) is 11.3. The van der Waals surface area contributed by atoms with Crippen LogP contribution in [0.4, 0.5) is 0 Å². The smallest absolute Gasteiger partial charge is 0.310 e. The Hall–Kier alpha value is -0.910. The molecule has 0 saturated carbocycles. The first kappa shape index (κ1) is 15.1. The van der Waals surface area contributed by atoms with Crippen LogP contribution in [0.25, 0.3) is 0 Å². The molecule has 104 valence electrons. The third-order valence-corrected chi connectivity index (χ3v) is 3.32. The van der Waals surface area contributed by atoms with E-state index in [1.165, 1.54) is 12.7 Å². The number of ether oxygens (including phenoxy) is 1. The van der Waals surface area contributed by atoms with Crippen LogP contribution in [-0.4, -0.2) is 54.1 Å². The summed E-state index contributed by atoms with van der Waals surface area (Å²) >= 11 is 0. The Balaban J connectivity index is 2.45. The first-order valence-corrected chi connectivity index (χ1v) is 6.21. The molecule has 0 spiro atoms. The van der Waals surface area contributed by atoms with Crippen molar-refractivity contribution >= 4 is 5.97 Å². The second-order valence-electron chi connectivity index (χ2n) is 5.42. The van der Waals surface area contributed by atoms with Gasteiger partial charge in [0.25, 0.3) is 0 Å². The van der Waals surface area contributed by atoms with Gasteiger partial charge in [-0.1, -0.05) is 5.57 Å². The Kier molecular flexibility index (Phi) is 5.31. The maximum atomic E-state index is 11.1. The van der Waals surface area contributed by atoms with Gasteiger partial charge in [0.1, 0.15) is 0 Å². The summed E-state index contributed by atoms with van der Waals surface area (Å²) in [6.07, 6.45) is 2.62. The molecule has 0 bridgehead atoms. The van der Waals surface area contributed by atoms with Gasteiger partial charge in [-0.2, -0.15) is 0 Å². The largest absolute Gasteiger partial charge is 0.481 e. The summed E-state index contributed by atoms with van der Waals surface area (Å²) in [5.74, 6) is -0.765. The number of nitrogens with zero attached hydrogens (tertiary/aromatic N) is 1. The molecular weight excluding hydrogens is 234 g/mol. The zero-order valence-corrected chi connectivity index (χ0v) is 11.3. The third-order valence-electron chi connectivity index (χ3n) is 3.32. The van der Waals surface area contributed by atoms with E-state index in [-0.39, 0.29) is 0 Å². The van der Waals surface area contributed by atoms with Crippen molar-refractivity contribution in [1.82, 2.24) is 4.90 Å². The molecule has 5 nitrogen and oxygen atoms in total. The summed E-state index contributed by atoms with van der Waals surface area (Å²) in [6.45, 7) is 5.71. The van der Waals surface area contributed by atoms with E-state index in [1.807, 2.05) is 0 Å². The Morgan fingerprint density at radius 2 is 2.06 bits per heavy atom. The number of aliphatic hydroxyl groups is 1. The minimum atomic E-state index is -0.831. The molecule has 1 aliphatic heterocycles. The van der Waals surface area contributed by atoms with Crippen LogP contribution in [0, 0.1) is 5.41 Å². The fourth-order valence-corrected chi connectivity index (χ4v) is 2.06. The number of carboxylic acids is 1. The molecule has 1 saturated heterocycles.